The third kappa shape index (κ3) is 3.67. The van der Waals surface area contributed by atoms with Crippen LogP contribution < -0.4 is 4.90 Å². The molecule has 0 fully saturated rings. The van der Waals surface area contributed by atoms with Gasteiger partial charge in [0.15, 0.2) is 0 Å². The molecule has 0 radical (unpaired) electrons. The van der Waals surface area contributed by atoms with Crippen molar-refractivity contribution in [2.24, 2.45) is 0 Å². The average molecular weight is 243 g/mol. The fourth-order valence-corrected chi connectivity index (χ4v) is 1.45. The topological polar surface area (TPSA) is 60.6 Å². The van der Waals surface area contributed by atoms with E-state index in [1.165, 1.54) is 0 Å². The lowest BCUT2D eigenvalue weighted by molar-refractivity contribution is -0.155. The lowest BCUT2D eigenvalue weighted by Gasteiger charge is -2.15. The quantitative estimate of drug-likeness (QED) is 0.651. The molecule has 1 aromatic rings. The van der Waals surface area contributed by atoms with Gasteiger partial charge in [0.1, 0.15) is 0 Å². The Bertz CT molecular complexity index is 307. The van der Waals surface area contributed by atoms with E-state index < -0.39 is 6.29 Å². The van der Waals surface area contributed by atoms with Crippen molar-refractivity contribution in [3.8, 4) is 0 Å². The second kappa shape index (κ2) is 7.24. The monoisotopic (exact) mass is 243 g/mol. The van der Waals surface area contributed by atoms with Gasteiger partial charge in [-0.1, -0.05) is 0 Å². The van der Waals surface area contributed by atoms with Gasteiger partial charge in [-0.15, -0.1) is 0 Å². The summed E-state index contributed by atoms with van der Waals surface area (Å²) in [5.74, 6) is 0.949. The second-order valence-electron chi connectivity index (χ2n) is 3.35. The zero-order valence-corrected chi connectivity index (χ0v) is 11.0. The molecule has 6 nitrogen and oxygen atoms in total. The Morgan fingerprint density at radius 1 is 1.12 bits per heavy atom. The second-order valence-corrected chi connectivity index (χ2v) is 3.35. The fourth-order valence-electron chi connectivity index (χ4n) is 1.45. The summed E-state index contributed by atoms with van der Waals surface area (Å²) in [5.41, 5.74) is 0. The van der Waals surface area contributed by atoms with Crippen molar-refractivity contribution in [3.63, 3.8) is 0 Å². The molecule has 0 spiro atoms. The molecule has 0 aliphatic rings. The highest BCUT2D eigenvalue weighted by Crippen LogP contribution is 2.19. The normalized spacial score (nSPS) is 11.1. The first-order valence-electron chi connectivity index (χ1n) is 6.08. The Balaban J connectivity index is 2.76. The van der Waals surface area contributed by atoms with Crippen LogP contribution in [-0.2, 0) is 9.47 Å². The van der Waals surface area contributed by atoms with Crippen LogP contribution in [0.3, 0.4) is 0 Å². The van der Waals surface area contributed by atoms with Gasteiger partial charge < -0.3 is 18.9 Å². The predicted octanol–water partition coefficient (Wildman–Crippen LogP) is 1.99. The molecular weight excluding hydrogens is 222 g/mol. The van der Waals surface area contributed by atoms with E-state index in [4.69, 9.17) is 14.0 Å². The Morgan fingerprint density at radius 2 is 1.71 bits per heavy atom. The lowest BCUT2D eigenvalue weighted by atomic mass is 10.5. The molecule has 0 saturated carbocycles. The third-order valence-corrected chi connectivity index (χ3v) is 2.32. The summed E-state index contributed by atoms with van der Waals surface area (Å²) in [6, 6.07) is 0. The minimum Gasteiger partial charge on any atom is -0.345 e. The smallest absolute Gasteiger partial charge is 0.285 e. The van der Waals surface area contributed by atoms with Crippen molar-refractivity contribution in [2.45, 2.75) is 34.0 Å². The number of rotatable bonds is 8. The van der Waals surface area contributed by atoms with Gasteiger partial charge in [-0.25, -0.2) is 0 Å². The molecule has 1 heterocycles. The number of hydrogen-bond acceptors (Lipinski definition) is 6. The molecular formula is C11H21N3O3. The maximum Gasteiger partial charge on any atom is 0.285 e. The molecule has 0 bridgehead atoms. The summed E-state index contributed by atoms with van der Waals surface area (Å²) in [6.45, 7) is 10.6. The highest BCUT2D eigenvalue weighted by Gasteiger charge is 2.21. The Morgan fingerprint density at radius 3 is 2.18 bits per heavy atom. The van der Waals surface area contributed by atoms with E-state index in [-0.39, 0.29) is 0 Å². The van der Waals surface area contributed by atoms with E-state index in [1.807, 2.05) is 32.6 Å². The molecule has 0 saturated heterocycles. The summed E-state index contributed by atoms with van der Waals surface area (Å²) in [6.07, 6.45) is -0.568. The first kappa shape index (κ1) is 13.9. The van der Waals surface area contributed by atoms with Crippen LogP contribution in [0.15, 0.2) is 4.52 Å². The van der Waals surface area contributed by atoms with Crippen molar-refractivity contribution < 1.29 is 14.0 Å². The van der Waals surface area contributed by atoms with Gasteiger partial charge in [0, 0.05) is 26.3 Å². The standard InChI is InChI=1S/C11H21N3O3/c1-5-14(6-2)11-12-9(17-13-11)10(15-7-3)16-8-4/h10H,5-8H2,1-4H3. The van der Waals surface area contributed by atoms with Crippen LogP contribution in [0.25, 0.3) is 0 Å². The first-order valence-corrected chi connectivity index (χ1v) is 6.08. The van der Waals surface area contributed by atoms with Crippen LogP contribution in [0.1, 0.15) is 39.9 Å². The molecule has 98 valence electrons. The molecule has 1 aromatic heterocycles. The van der Waals surface area contributed by atoms with Crippen LogP contribution in [0.4, 0.5) is 5.95 Å². The number of nitrogens with zero attached hydrogens (tertiary/aromatic N) is 3. The van der Waals surface area contributed by atoms with Gasteiger partial charge in [0.2, 0.25) is 6.29 Å². The van der Waals surface area contributed by atoms with Gasteiger partial charge >= 0.3 is 0 Å². The molecule has 0 aromatic carbocycles. The average Bonchev–Trinajstić information content (AvgIpc) is 2.80. The van der Waals surface area contributed by atoms with Gasteiger partial charge in [0.25, 0.3) is 11.8 Å². The molecule has 0 unspecified atom stereocenters. The van der Waals surface area contributed by atoms with E-state index in [1.54, 1.807) is 0 Å². The minimum atomic E-state index is -0.568. The molecule has 0 N–H and O–H groups in total. The number of aromatic nitrogens is 2. The largest absolute Gasteiger partial charge is 0.345 e. The van der Waals surface area contributed by atoms with E-state index in [9.17, 15) is 0 Å². The number of ether oxygens (including phenoxy) is 2. The predicted molar refractivity (Wildman–Crippen MR) is 63.9 cm³/mol. The van der Waals surface area contributed by atoms with Crippen molar-refractivity contribution in [2.75, 3.05) is 31.2 Å². The third-order valence-electron chi connectivity index (χ3n) is 2.32. The van der Waals surface area contributed by atoms with Crippen LogP contribution in [0.2, 0.25) is 0 Å². The Kier molecular flexibility index (Phi) is 5.93. The summed E-state index contributed by atoms with van der Waals surface area (Å²) < 4.78 is 15.9. The van der Waals surface area contributed by atoms with Crippen molar-refractivity contribution in [3.05, 3.63) is 5.89 Å². The number of hydrogen-bond donors (Lipinski definition) is 0. The van der Waals surface area contributed by atoms with Gasteiger partial charge in [0.05, 0.1) is 0 Å². The van der Waals surface area contributed by atoms with Crippen molar-refractivity contribution in [1.82, 2.24) is 10.1 Å². The van der Waals surface area contributed by atoms with Crippen molar-refractivity contribution in [1.29, 1.82) is 0 Å². The maximum atomic E-state index is 5.39. The van der Waals surface area contributed by atoms with E-state index in [0.717, 1.165) is 13.1 Å². The van der Waals surface area contributed by atoms with Crippen LogP contribution in [-0.4, -0.2) is 36.4 Å². The molecule has 6 heteroatoms. The number of anilines is 1. The van der Waals surface area contributed by atoms with Gasteiger partial charge in [-0.05, 0) is 32.9 Å². The van der Waals surface area contributed by atoms with Crippen molar-refractivity contribution >= 4 is 5.95 Å². The summed E-state index contributed by atoms with van der Waals surface area (Å²) in [4.78, 5) is 6.29. The molecule has 0 aliphatic heterocycles. The SMILES string of the molecule is CCOC(OCC)c1nc(N(CC)CC)no1. The van der Waals surface area contributed by atoms with E-state index >= 15 is 0 Å². The highest BCUT2D eigenvalue weighted by atomic mass is 16.7. The Hall–Kier alpha value is -1.14. The molecule has 17 heavy (non-hydrogen) atoms. The Labute approximate surface area is 102 Å². The molecule has 0 amide bonds. The zero-order chi connectivity index (χ0) is 12.7. The van der Waals surface area contributed by atoms with E-state index in [0.29, 0.717) is 25.1 Å². The molecule has 0 aliphatic carbocycles. The fraction of sp³-hybridized carbons (Fsp3) is 0.818. The van der Waals surface area contributed by atoms with Crippen LogP contribution in [0.5, 0.6) is 0 Å². The minimum absolute atomic E-state index is 0.371. The lowest BCUT2D eigenvalue weighted by Crippen LogP contribution is -2.23. The van der Waals surface area contributed by atoms with Gasteiger partial charge in [-0.3, -0.25) is 0 Å². The first-order chi connectivity index (χ1) is 8.26. The van der Waals surface area contributed by atoms with Gasteiger partial charge in [-0.2, -0.15) is 4.98 Å². The maximum absolute atomic E-state index is 5.39. The molecule has 0 atom stereocenters. The van der Waals surface area contributed by atoms with Crippen LogP contribution >= 0.6 is 0 Å². The summed E-state index contributed by atoms with van der Waals surface area (Å²) in [7, 11) is 0. The van der Waals surface area contributed by atoms with Crippen LogP contribution in [0, 0.1) is 0 Å². The summed E-state index contributed by atoms with van der Waals surface area (Å²) in [5, 5.41) is 3.92. The highest BCUT2D eigenvalue weighted by molar-refractivity contribution is 5.26. The summed E-state index contributed by atoms with van der Waals surface area (Å²) >= 11 is 0. The molecule has 1 rings (SSSR count). The van der Waals surface area contributed by atoms with E-state index in [2.05, 4.69) is 10.1 Å². The zero-order valence-electron chi connectivity index (χ0n) is 11.0.